The maximum absolute atomic E-state index is 4.64. The van der Waals surface area contributed by atoms with Gasteiger partial charge in [-0.2, -0.15) is 5.10 Å². The first kappa shape index (κ1) is 11.6. The molecule has 2 aromatic rings. The van der Waals surface area contributed by atoms with Gasteiger partial charge in [0.05, 0.1) is 17.1 Å². The second kappa shape index (κ2) is 4.65. The molecule has 0 atom stereocenters. The lowest BCUT2D eigenvalue weighted by Gasteiger charge is -2.27. The summed E-state index contributed by atoms with van der Waals surface area (Å²) < 4.78 is 0. The van der Waals surface area contributed by atoms with Gasteiger partial charge in [0.25, 0.3) is 0 Å². The normalized spacial score (nSPS) is 14.1. The fourth-order valence-electron chi connectivity index (χ4n) is 2.14. The molecule has 0 saturated heterocycles. The molecule has 2 aromatic heterocycles. The zero-order valence-corrected chi connectivity index (χ0v) is 10.7. The van der Waals surface area contributed by atoms with Gasteiger partial charge in [-0.1, -0.05) is 12.6 Å². The van der Waals surface area contributed by atoms with Crippen LogP contribution in [-0.2, 0) is 0 Å². The van der Waals surface area contributed by atoms with Gasteiger partial charge in [0.15, 0.2) is 0 Å². The number of rotatable bonds is 2. The molecule has 0 aliphatic carbocycles. The minimum Gasteiger partial charge on any atom is -0.264 e. The molecule has 1 aliphatic rings. The first-order valence-electron chi connectivity index (χ1n) is 6.23. The second-order valence-electron chi connectivity index (χ2n) is 4.23. The summed E-state index contributed by atoms with van der Waals surface area (Å²) in [6.07, 6.45) is 3.55. The Hall–Kier alpha value is -2.49. The lowest BCUT2D eigenvalue weighted by Crippen LogP contribution is -2.26. The topological polar surface area (TPSA) is 41.4 Å². The fraction of sp³-hybridized carbons (Fsp3) is 0.133. The molecule has 0 aromatic carbocycles. The molecule has 0 radical (unpaired) electrons. The largest absolute Gasteiger partial charge is 0.264 e. The average molecular weight is 250 g/mol. The van der Waals surface area contributed by atoms with Gasteiger partial charge in [-0.3, -0.25) is 15.0 Å². The fourth-order valence-corrected chi connectivity index (χ4v) is 2.14. The van der Waals surface area contributed by atoms with Gasteiger partial charge in [0.2, 0.25) is 0 Å². The second-order valence-corrected chi connectivity index (χ2v) is 4.23. The molecule has 0 unspecified atom stereocenters. The van der Waals surface area contributed by atoms with E-state index in [1.807, 2.05) is 42.3 Å². The molecule has 0 N–H and O–H groups in total. The summed E-state index contributed by atoms with van der Waals surface area (Å²) in [6.45, 7) is 6.87. The number of fused-ring (bicyclic) bond motifs is 1. The van der Waals surface area contributed by atoms with E-state index in [-0.39, 0.29) is 0 Å². The number of hydrogen-bond acceptors (Lipinski definition) is 4. The molecule has 19 heavy (non-hydrogen) atoms. The van der Waals surface area contributed by atoms with Crippen molar-refractivity contribution in [3.63, 3.8) is 0 Å². The molecule has 0 bridgehead atoms. The average Bonchev–Trinajstić information content (AvgIpc) is 2.49. The third-order valence-corrected chi connectivity index (χ3v) is 3.08. The predicted molar refractivity (Wildman–Crippen MR) is 75.5 cm³/mol. The highest BCUT2D eigenvalue weighted by molar-refractivity contribution is 6.14. The minimum atomic E-state index is 0.755. The summed E-state index contributed by atoms with van der Waals surface area (Å²) in [5.41, 5.74) is 4.38. The van der Waals surface area contributed by atoms with Crippen molar-refractivity contribution in [1.29, 1.82) is 0 Å². The van der Waals surface area contributed by atoms with Crippen LogP contribution < -0.4 is 0 Å². The molecule has 0 amide bonds. The van der Waals surface area contributed by atoms with Gasteiger partial charge in [0.1, 0.15) is 5.71 Å². The Bertz CT molecular complexity index is 646. The molecule has 1 aliphatic heterocycles. The highest BCUT2D eigenvalue weighted by atomic mass is 15.5. The summed E-state index contributed by atoms with van der Waals surface area (Å²) in [7, 11) is 0. The number of hydrogen-bond donors (Lipinski definition) is 0. The molecule has 4 heteroatoms. The number of hydrazone groups is 1. The Labute approximate surface area is 112 Å². The minimum absolute atomic E-state index is 0.755. The number of nitrogens with zero attached hydrogens (tertiary/aromatic N) is 4. The first-order valence-corrected chi connectivity index (χ1v) is 6.23. The first-order chi connectivity index (χ1) is 9.31. The van der Waals surface area contributed by atoms with E-state index in [1.165, 1.54) is 0 Å². The van der Waals surface area contributed by atoms with Gasteiger partial charge < -0.3 is 0 Å². The van der Waals surface area contributed by atoms with Crippen LogP contribution in [0.15, 0.2) is 54.4 Å². The molecule has 0 spiro atoms. The van der Waals surface area contributed by atoms with Crippen LogP contribution in [0, 0.1) is 0 Å². The summed E-state index contributed by atoms with van der Waals surface area (Å²) in [4.78, 5) is 8.80. The van der Waals surface area contributed by atoms with Crippen molar-refractivity contribution < 1.29 is 0 Å². The van der Waals surface area contributed by atoms with Crippen LogP contribution in [0.3, 0.4) is 0 Å². The molecule has 0 saturated carbocycles. The highest BCUT2D eigenvalue weighted by Gasteiger charge is 2.24. The predicted octanol–water partition coefficient (Wildman–Crippen LogP) is 2.54. The third-order valence-electron chi connectivity index (χ3n) is 3.08. The van der Waals surface area contributed by atoms with Crippen LogP contribution in [0.5, 0.6) is 0 Å². The van der Waals surface area contributed by atoms with Crippen molar-refractivity contribution in [2.75, 3.05) is 6.54 Å². The molecule has 3 heterocycles. The van der Waals surface area contributed by atoms with Gasteiger partial charge >= 0.3 is 0 Å². The maximum Gasteiger partial charge on any atom is 0.119 e. The van der Waals surface area contributed by atoms with Gasteiger partial charge in [-0.15, -0.1) is 0 Å². The van der Waals surface area contributed by atoms with Crippen molar-refractivity contribution in [1.82, 2.24) is 15.0 Å². The van der Waals surface area contributed by atoms with Crippen molar-refractivity contribution in [2.45, 2.75) is 6.92 Å². The van der Waals surface area contributed by atoms with Crippen molar-refractivity contribution in [3.05, 3.63) is 66.3 Å². The Kier molecular flexibility index (Phi) is 2.83. The third kappa shape index (κ3) is 1.91. The van der Waals surface area contributed by atoms with Crippen LogP contribution in [0.25, 0.3) is 5.70 Å². The van der Waals surface area contributed by atoms with E-state index >= 15 is 0 Å². The number of aromatic nitrogens is 2. The summed E-state index contributed by atoms with van der Waals surface area (Å²) in [6, 6.07) is 9.73. The molecule has 0 fully saturated rings. The van der Waals surface area contributed by atoms with Crippen LogP contribution in [-0.4, -0.2) is 27.2 Å². The molecule has 94 valence electrons. The van der Waals surface area contributed by atoms with Crippen molar-refractivity contribution >= 4 is 11.4 Å². The summed E-state index contributed by atoms with van der Waals surface area (Å²) in [5, 5.41) is 6.50. The molecular formula is C15H14N4. The van der Waals surface area contributed by atoms with E-state index in [1.54, 1.807) is 12.4 Å². The zero-order valence-electron chi connectivity index (χ0n) is 10.7. The van der Waals surface area contributed by atoms with E-state index in [0.29, 0.717) is 0 Å². The molecule has 4 nitrogen and oxygen atoms in total. The van der Waals surface area contributed by atoms with Crippen LogP contribution in [0.2, 0.25) is 0 Å². The van der Waals surface area contributed by atoms with E-state index in [9.17, 15) is 0 Å². The quantitative estimate of drug-likeness (QED) is 0.822. The Balaban J connectivity index is 2.20. The van der Waals surface area contributed by atoms with Crippen molar-refractivity contribution in [2.24, 2.45) is 5.10 Å². The van der Waals surface area contributed by atoms with Gasteiger partial charge in [0, 0.05) is 24.5 Å². The van der Waals surface area contributed by atoms with Crippen LogP contribution in [0.1, 0.15) is 23.9 Å². The maximum atomic E-state index is 4.64. The van der Waals surface area contributed by atoms with Gasteiger partial charge in [-0.05, 0) is 31.2 Å². The van der Waals surface area contributed by atoms with Crippen LogP contribution in [0.4, 0.5) is 0 Å². The monoisotopic (exact) mass is 250 g/mol. The van der Waals surface area contributed by atoms with E-state index in [0.717, 1.165) is 34.9 Å². The van der Waals surface area contributed by atoms with Crippen molar-refractivity contribution in [3.8, 4) is 0 Å². The Morgan fingerprint density at radius 2 is 1.95 bits per heavy atom. The van der Waals surface area contributed by atoms with E-state index < -0.39 is 0 Å². The lowest BCUT2D eigenvalue weighted by atomic mass is 10.0. The molecule has 3 rings (SSSR count). The Morgan fingerprint density at radius 3 is 2.68 bits per heavy atom. The highest BCUT2D eigenvalue weighted by Crippen LogP contribution is 2.27. The van der Waals surface area contributed by atoms with Gasteiger partial charge in [-0.25, -0.2) is 0 Å². The van der Waals surface area contributed by atoms with E-state index in [2.05, 4.69) is 21.6 Å². The smallest absolute Gasteiger partial charge is 0.119 e. The zero-order chi connectivity index (χ0) is 13.2. The Morgan fingerprint density at radius 1 is 1.11 bits per heavy atom. The summed E-state index contributed by atoms with van der Waals surface area (Å²) in [5.74, 6) is 0. The lowest BCUT2D eigenvalue weighted by molar-refractivity contribution is 0.441. The molecular weight excluding hydrogens is 236 g/mol. The van der Waals surface area contributed by atoms with E-state index in [4.69, 9.17) is 0 Å². The summed E-state index contributed by atoms with van der Waals surface area (Å²) >= 11 is 0. The standard InChI is InChI=1S/C15H14N4/c1-3-19-11(2)14-12(7-6-10-17-14)15(18-19)13-8-4-5-9-16-13/h4-10H,2-3H2,1H3. The number of pyridine rings is 2. The van der Waals surface area contributed by atoms with Crippen LogP contribution >= 0.6 is 0 Å². The SMILES string of the molecule is C=C1c2ncccc2C(c2ccccn2)=NN1CC.